The van der Waals surface area contributed by atoms with Crippen LogP contribution in [-0.4, -0.2) is 85.0 Å². The summed E-state index contributed by atoms with van der Waals surface area (Å²) in [6.07, 6.45) is 3.59. The van der Waals surface area contributed by atoms with Crippen molar-refractivity contribution in [3.8, 4) is 40.0 Å². The van der Waals surface area contributed by atoms with Crippen LogP contribution in [0.15, 0.2) is 59.1 Å². The van der Waals surface area contributed by atoms with Crippen LogP contribution in [0.5, 0.6) is 11.5 Å². The van der Waals surface area contributed by atoms with Crippen molar-refractivity contribution in [2.75, 3.05) is 40.5 Å². The van der Waals surface area contributed by atoms with E-state index in [0.717, 1.165) is 24.0 Å². The number of carbonyl (C=O) groups excluding carboxylic acids is 2. The molecule has 0 bridgehead atoms. The quantitative estimate of drug-likeness (QED) is 0.215. The summed E-state index contributed by atoms with van der Waals surface area (Å²) in [7, 11) is 3.30. The second kappa shape index (κ2) is 13.6. The van der Waals surface area contributed by atoms with Gasteiger partial charge in [-0.25, -0.2) is 4.79 Å². The lowest BCUT2D eigenvalue weighted by Gasteiger charge is -2.27. The number of aromatic nitrogens is 1. The number of ether oxygens (including phenoxy) is 4. The molecule has 2 fully saturated rings. The second-order valence-electron chi connectivity index (χ2n) is 13.1. The van der Waals surface area contributed by atoms with Crippen LogP contribution in [0.3, 0.4) is 0 Å². The fraction of sp³-hybridized carbons (Fsp3) is 0.405. The zero-order valence-electron chi connectivity index (χ0n) is 27.9. The zero-order chi connectivity index (χ0) is 34.0. The Morgan fingerprint density at radius 1 is 1.02 bits per heavy atom. The van der Waals surface area contributed by atoms with E-state index in [1.807, 2.05) is 45.0 Å². The highest BCUT2D eigenvalue weighted by Crippen LogP contribution is 2.39. The summed E-state index contributed by atoms with van der Waals surface area (Å²) in [5, 5.41) is 9.92. The molecular weight excluding hydrogens is 612 g/mol. The van der Waals surface area contributed by atoms with Gasteiger partial charge in [-0.05, 0) is 69.2 Å². The van der Waals surface area contributed by atoms with E-state index in [1.165, 1.54) is 0 Å². The summed E-state index contributed by atoms with van der Waals surface area (Å²) >= 11 is 0. The first-order chi connectivity index (χ1) is 23.0. The molecule has 0 radical (unpaired) electrons. The molecule has 11 nitrogen and oxygen atoms in total. The van der Waals surface area contributed by atoms with Crippen LogP contribution in [-0.2, 0) is 9.47 Å². The maximum absolute atomic E-state index is 13.5. The van der Waals surface area contributed by atoms with Crippen molar-refractivity contribution in [3.63, 3.8) is 0 Å². The molecule has 0 N–H and O–H groups in total. The Morgan fingerprint density at radius 3 is 2.54 bits per heavy atom. The normalized spacial score (nSPS) is 16.8. The molecule has 48 heavy (non-hydrogen) atoms. The number of hydrogen-bond donors (Lipinski definition) is 0. The number of amides is 2. The molecule has 2 aliphatic heterocycles. The molecule has 4 heterocycles. The van der Waals surface area contributed by atoms with Crippen LogP contribution >= 0.6 is 0 Å². The van der Waals surface area contributed by atoms with Gasteiger partial charge in [0.05, 0.1) is 37.5 Å². The minimum atomic E-state index is -0.584. The molecule has 2 saturated heterocycles. The Kier molecular flexibility index (Phi) is 9.29. The van der Waals surface area contributed by atoms with Crippen LogP contribution < -0.4 is 9.47 Å². The van der Waals surface area contributed by atoms with Gasteiger partial charge in [-0.15, -0.1) is 0 Å². The number of methoxy groups -OCH3 is 1. The molecular formula is C37H40N4O7. The van der Waals surface area contributed by atoms with Crippen LogP contribution in [0, 0.1) is 11.3 Å². The van der Waals surface area contributed by atoms with E-state index in [4.69, 9.17) is 23.4 Å². The van der Waals surface area contributed by atoms with Crippen molar-refractivity contribution >= 4 is 23.1 Å². The Bertz CT molecular complexity index is 1870. The topological polar surface area (TPSA) is 127 Å². The molecule has 0 aliphatic carbocycles. The van der Waals surface area contributed by atoms with Gasteiger partial charge in [0.15, 0.2) is 5.58 Å². The minimum absolute atomic E-state index is 0.0197. The average Bonchev–Trinajstić information content (AvgIpc) is 3.76. The highest BCUT2D eigenvalue weighted by Gasteiger charge is 2.34. The predicted molar refractivity (Wildman–Crippen MR) is 179 cm³/mol. The molecule has 250 valence electrons. The zero-order valence-corrected chi connectivity index (χ0v) is 27.9. The van der Waals surface area contributed by atoms with Crippen molar-refractivity contribution in [2.45, 2.75) is 57.8 Å². The van der Waals surface area contributed by atoms with Gasteiger partial charge >= 0.3 is 6.09 Å². The van der Waals surface area contributed by atoms with Crippen LogP contribution in [0.1, 0.15) is 56.0 Å². The first-order valence-corrected chi connectivity index (χ1v) is 16.2. The van der Waals surface area contributed by atoms with Gasteiger partial charge in [0.25, 0.3) is 5.91 Å². The Hall–Kier alpha value is -5.08. The number of rotatable bonds is 7. The number of hydrogen-bond acceptors (Lipinski definition) is 9. The van der Waals surface area contributed by atoms with E-state index in [9.17, 15) is 14.9 Å². The third-order valence-electron chi connectivity index (χ3n) is 8.68. The minimum Gasteiger partial charge on any atom is -0.496 e. The van der Waals surface area contributed by atoms with Gasteiger partial charge in [-0.1, -0.05) is 6.07 Å². The van der Waals surface area contributed by atoms with E-state index in [2.05, 4.69) is 11.1 Å². The van der Waals surface area contributed by atoms with E-state index >= 15 is 0 Å². The molecule has 1 atom stereocenters. The summed E-state index contributed by atoms with van der Waals surface area (Å²) in [5.41, 5.74) is 3.76. The van der Waals surface area contributed by atoms with Crippen molar-refractivity contribution in [3.05, 3.63) is 65.9 Å². The largest absolute Gasteiger partial charge is 0.496 e. The van der Waals surface area contributed by atoms with Crippen LogP contribution in [0.4, 0.5) is 4.79 Å². The summed E-state index contributed by atoms with van der Waals surface area (Å²) in [6.45, 7) is 7.73. The van der Waals surface area contributed by atoms with Crippen molar-refractivity contribution in [2.24, 2.45) is 0 Å². The predicted octanol–water partition coefficient (Wildman–Crippen LogP) is 6.68. The van der Waals surface area contributed by atoms with Crippen LogP contribution in [0.2, 0.25) is 0 Å². The molecule has 1 unspecified atom stereocenters. The first kappa shape index (κ1) is 32.8. The number of likely N-dealkylation sites (N-methyl/N-ethyl adjacent to an activating group) is 1. The lowest BCUT2D eigenvalue weighted by molar-refractivity contribution is 0.0254. The fourth-order valence-electron chi connectivity index (χ4n) is 6.11. The number of nitriles is 1. The molecule has 2 aromatic carbocycles. The fourth-order valence-corrected chi connectivity index (χ4v) is 6.11. The standard InChI is InChI=1S/C37H40N4O7/c1-37(2,3)48-36(43)41-15-11-26(22-41)40(4)35(42)24-6-8-29(32(19-24)44-5)33-20-30-34(47-33)28(10-14-39-30)23-7-9-31(25(18-23)21-38)46-27-12-16-45-17-13-27/h6-10,14,18-20,26-27H,11-13,15-17,22H2,1-5H3. The van der Waals surface area contributed by atoms with Gasteiger partial charge in [0, 0.05) is 56.4 Å². The van der Waals surface area contributed by atoms with Gasteiger partial charge in [-0.3, -0.25) is 9.78 Å². The highest BCUT2D eigenvalue weighted by molar-refractivity contribution is 5.97. The average molecular weight is 653 g/mol. The van der Waals surface area contributed by atoms with E-state index in [1.54, 1.807) is 54.4 Å². The smallest absolute Gasteiger partial charge is 0.410 e. The monoisotopic (exact) mass is 652 g/mol. The summed E-state index contributed by atoms with van der Waals surface area (Å²) < 4.78 is 29.2. The molecule has 4 aromatic rings. The van der Waals surface area contributed by atoms with E-state index in [-0.39, 0.29) is 24.1 Å². The third-order valence-corrected chi connectivity index (χ3v) is 8.68. The second-order valence-corrected chi connectivity index (χ2v) is 13.1. The molecule has 0 spiro atoms. The Morgan fingerprint density at radius 2 is 1.81 bits per heavy atom. The number of benzene rings is 2. The number of pyridine rings is 1. The van der Waals surface area contributed by atoms with Gasteiger partial charge in [0.1, 0.15) is 40.6 Å². The maximum atomic E-state index is 13.5. The number of likely N-dealkylation sites (tertiary alicyclic amines) is 1. The Balaban J connectivity index is 1.22. The number of fused-ring (bicyclic) bond motifs is 1. The SMILES string of the molecule is COc1cc(C(=O)N(C)C2CCN(C(=O)OC(C)(C)C)C2)ccc1-c1cc2nccc(-c3ccc(OC4CCOCC4)c(C#N)c3)c2o1. The number of carbonyl (C=O) groups is 2. The van der Waals surface area contributed by atoms with E-state index < -0.39 is 5.60 Å². The molecule has 2 aromatic heterocycles. The molecule has 11 heteroatoms. The van der Waals surface area contributed by atoms with Crippen molar-refractivity contribution in [1.29, 1.82) is 5.26 Å². The van der Waals surface area contributed by atoms with Crippen molar-refractivity contribution < 1.29 is 33.0 Å². The number of furan rings is 1. The van der Waals surface area contributed by atoms with Crippen molar-refractivity contribution in [1.82, 2.24) is 14.8 Å². The van der Waals surface area contributed by atoms with Gasteiger partial charge in [0.2, 0.25) is 0 Å². The van der Waals surface area contributed by atoms with Gasteiger partial charge < -0.3 is 33.2 Å². The summed E-state index contributed by atoms with van der Waals surface area (Å²) in [6, 6.07) is 16.6. The van der Waals surface area contributed by atoms with Gasteiger partial charge in [-0.2, -0.15) is 5.26 Å². The molecule has 2 aliphatic rings. The molecule has 6 rings (SSSR count). The lowest BCUT2D eigenvalue weighted by Crippen LogP contribution is -2.41. The summed E-state index contributed by atoms with van der Waals surface area (Å²) in [5.74, 6) is 1.37. The summed E-state index contributed by atoms with van der Waals surface area (Å²) in [4.78, 5) is 33.9. The first-order valence-electron chi connectivity index (χ1n) is 16.2. The molecule has 2 amide bonds. The van der Waals surface area contributed by atoms with E-state index in [0.29, 0.717) is 77.8 Å². The Labute approximate surface area is 279 Å². The highest BCUT2D eigenvalue weighted by atomic mass is 16.6. The number of nitrogens with zero attached hydrogens (tertiary/aromatic N) is 4. The molecule has 0 saturated carbocycles. The maximum Gasteiger partial charge on any atom is 0.410 e. The third kappa shape index (κ3) is 6.94. The lowest BCUT2D eigenvalue weighted by atomic mass is 10.0. The van der Waals surface area contributed by atoms with Crippen LogP contribution in [0.25, 0.3) is 33.6 Å².